The Morgan fingerprint density at radius 1 is 1.39 bits per heavy atom. The number of hydrogen-bond acceptors (Lipinski definition) is 4. The van der Waals surface area contributed by atoms with E-state index in [4.69, 9.17) is 10.7 Å². The fraction of sp³-hybridized carbons (Fsp3) is 0.556. The molecule has 2 aromatic heterocycles. The molecule has 1 unspecified atom stereocenters. The number of piperidine rings is 1. The molecule has 1 amide bonds. The van der Waals surface area contributed by atoms with Gasteiger partial charge in [-0.05, 0) is 56.6 Å². The van der Waals surface area contributed by atoms with E-state index in [1.807, 2.05) is 4.90 Å². The van der Waals surface area contributed by atoms with Crippen molar-refractivity contribution >= 4 is 33.1 Å². The van der Waals surface area contributed by atoms with Gasteiger partial charge in [0.05, 0.1) is 5.69 Å². The summed E-state index contributed by atoms with van der Waals surface area (Å²) in [5, 5.41) is 0.976. The summed E-state index contributed by atoms with van der Waals surface area (Å²) in [7, 11) is 0. The van der Waals surface area contributed by atoms with Gasteiger partial charge in [0.2, 0.25) is 0 Å². The van der Waals surface area contributed by atoms with Gasteiger partial charge in [0.1, 0.15) is 9.71 Å². The van der Waals surface area contributed by atoms with Crippen LogP contribution in [0.3, 0.4) is 0 Å². The highest BCUT2D eigenvalue weighted by atomic mass is 32.1. The molecule has 0 saturated carbocycles. The highest BCUT2D eigenvalue weighted by Crippen LogP contribution is 2.37. The van der Waals surface area contributed by atoms with E-state index in [-0.39, 0.29) is 5.91 Å². The summed E-state index contributed by atoms with van der Waals surface area (Å²) in [6.07, 6.45) is 7.76. The van der Waals surface area contributed by atoms with E-state index in [1.165, 1.54) is 35.4 Å². The lowest BCUT2D eigenvalue weighted by atomic mass is 9.99. The van der Waals surface area contributed by atoms with Crippen molar-refractivity contribution in [2.45, 2.75) is 57.9 Å². The van der Waals surface area contributed by atoms with Crippen molar-refractivity contribution in [3.8, 4) is 0 Å². The van der Waals surface area contributed by atoms with E-state index >= 15 is 0 Å². The fourth-order valence-corrected chi connectivity index (χ4v) is 5.03. The molecule has 2 N–H and O–H groups in total. The smallest absolute Gasteiger partial charge is 0.266 e. The summed E-state index contributed by atoms with van der Waals surface area (Å²) in [6.45, 7) is 3.02. The molecule has 23 heavy (non-hydrogen) atoms. The number of aryl methyl sites for hydroxylation is 2. The van der Waals surface area contributed by atoms with Crippen molar-refractivity contribution in [3.05, 3.63) is 22.2 Å². The number of amides is 1. The predicted molar refractivity (Wildman–Crippen MR) is 95.0 cm³/mol. The zero-order chi connectivity index (χ0) is 16.0. The van der Waals surface area contributed by atoms with Gasteiger partial charge in [-0.15, -0.1) is 11.3 Å². The predicted octanol–water partition coefficient (Wildman–Crippen LogP) is 3.77. The molecule has 1 atom stereocenters. The lowest BCUT2D eigenvalue weighted by Gasteiger charge is -2.35. The lowest BCUT2D eigenvalue weighted by molar-refractivity contribution is 0.0614. The fourth-order valence-electron chi connectivity index (χ4n) is 3.98. The number of nitrogen functional groups attached to an aromatic ring is 1. The Labute approximate surface area is 140 Å². The average molecular weight is 329 g/mol. The Hall–Kier alpha value is -1.62. The number of likely N-dealkylation sites (tertiary alicyclic amines) is 1. The van der Waals surface area contributed by atoms with Crippen LogP contribution in [-0.2, 0) is 12.8 Å². The minimum Gasteiger partial charge on any atom is -0.397 e. The first-order valence-electron chi connectivity index (χ1n) is 8.70. The zero-order valence-electron chi connectivity index (χ0n) is 13.6. The van der Waals surface area contributed by atoms with Crippen LogP contribution in [0.2, 0.25) is 0 Å². The second-order valence-corrected chi connectivity index (χ2v) is 7.70. The van der Waals surface area contributed by atoms with Crippen LogP contribution >= 0.6 is 11.3 Å². The van der Waals surface area contributed by atoms with Gasteiger partial charge in [0.15, 0.2) is 0 Å². The van der Waals surface area contributed by atoms with Crippen LogP contribution in [0.25, 0.3) is 10.2 Å². The monoisotopic (exact) mass is 329 g/mol. The molecule has 5 heteroatoms. The van der Waals surface area contributed by atoms with Crippen LogP contribution in [0.4, 0.5) is 5.69 Å². The average Bonchev–Trinajstić information content (AvgIpc) is 3.16. The second-order valence-electron chi connectivity index (χ2n) is 6.70. The highest BCUT2D eigenvalue weighted by Gasteiger charge is 2.29. The normalized spacial score (nSPS) is 20.9. The molecule has 0 radical (unpaired) electrons. The van der Waals surface area contributed by atoms with E-state index in [2.05, 4.69) is 13.0 Å². The van der Waals surface area contributed by atoms with Crippen molar-refractivity contribution < 1.29 is 4.79 Å². The maximum absolute atomic E-state index is 13.0. The number of carbonyl (C=O) groups is 1. The minimum atomic E-state index is 0.109. The van der Waals surface area contributed by atoms with E-state index in [0.717, 1.165) is 48.9 Å². The third kappa shape index (κ3) is 2.42. The van der Waals surface area contributed by atoms with E-state index in [1.54, 1.807) is 0 Å². The molecule has 2 aromatic rings. The summed E-state index contributed by atoms with van der Waals surface area (Å²) in [5.41, 5.74) is 9.49. The first-order chi connectivity index (χ1) is 11.2. The van der Waals surface area contributed by atoms with Gasteiger partial charge in [-0.25, -0.2) is 4.98 Å². The number of anilines is 1. The van der Waals surface area contributed by atoms with Crippen LogP contribution < -0.4 is 5.73 Å². The molecule has 4 rings (SSSR count). The summed E-state index contributed by atoms with van der Waals surface area (Å²) in [6, 6.07) is 2.53. The highest BCUT2D eigenvalue weighted by molar-refractivity contribution is 7.21. The van der Waals surface area contributed by atoms with Gasteiger partial charge in [-0.2, -0.15) is 0 Å². The Balaban J connectivity index is 1.73. The quantitative estimate of drug-likeness (QED) is 0.912. The number of fused-ring (bicyclic) bond motifs is 2. The van der Waals surface area contributed by atoms with Crippen LogP contribution in [0.15, 0.2) is 6.07 Å². The van der Waals surface area contributed by atoms with E-state index in [9.17, 15) is 4.79 Å². The number of hydrogen-bond donors (Lipinski definition) is 1. The molecule has 1 fully saturated rings. The van der Waals surface area contributed by atoms with Gasteiger partial charge in [-0.1, -0.05) is 6.92 Å². The molecule has 1 saturated heterocycles. The van der Waals surface area contributed by atoms with Gasteiger partial charge in [-0.3, -0.25) is 4.79 Å². The molecule has 0 spiro atoms. The van der Waals surface area contributed by atoms with Crippen LogP contribution in [0.5, 0.6) is 0 Å². The first-order valence-corrected chi connectivity index (χ1v) is 9.52. The molecule has 1 aliphatic heterocycles. The van der Waals surface area contributed by atoms with Crippen molar-refractivity contribution in [1.82, 2.24) is 9.88 Å². The lowest BCUT2D eigenvalue weighted by Crippen LogP contribution is -2.43. The summed E-state index contributed by atoms with van der Waals surface area (Å²) >= 11 is 1.48. The molecule has 1 aliphatic carbocycles. The Morgan fingerprint density at radius 3 is 3.09 bits per heavy atom. The van der Waals surface area contributed by atoms with Gasteiger partial charge >= 0.3 is 0 Å². The molecule has 3 heterocycles. The third-order valence-electron chi connectivity index (χ3n) is 5.30. The largest absolute Gasteiger partial charge is 0.397 e. The maximum Gasteiger partial charge on any atom is 0.266 e. The van der Waals surface area contributed by atoms with E-state index in [0.29, 0.717) is 16.6 Å². The van der Waals surface area contributed by atoms with Gasteiger partial charge < -0.3 is 10.6 Å². The number of rotatable bonds is 2. The molecule has 4 nitrogen and oxygen atoms in total. The number of carbonyl (C=O) groups excluding carboxylic acids is 1. The van der Waals surface area contributed by atoms with Crippen molar-refractivity contribution in [2.24, 2.45) is 0 Å². The zero-order valence-corrected chi connectivity index (χ0v) is 14.4. The molecule has 2 aliphatic rings. The van der Waals surface area contributed by atoms with Crippen molar-refractivity contribution in [1.29, 1.82) is 0 Å². The van der Waals surface area contributed by atoms with Gasteiger partial charge in [0, 0.05) is 23.7 Å². The third-order valence-corrected chi connectivity index (χ3v) is 6.41. The van der Waals surface area contributed by atoms with Crippen molar-refractivity contribution in [2.75, 3.05) is 12.3 Å². The minimum absolute atomic E-state index is 0.109. The number of nitrogens with two attached hydrogens (primary N) is 1. The topological polar surface area (TPSA) is 59.2 Å². The number of aromatic nitrogens is 1. The Kier molecular flexibility index (Phi) is 3.76. The molecule has 122 valence electrons. The Morgan fingerprint density at radius 2 is 2.26 bits per heavy atom. The van der Waals surface area contributed by atoms with Crippen LogP contribution in [0, 0.1) is 0 Å². The summed E-state index contributed by atoms with van der Waals surface area (Å²) in [5.74, 6) is 0.109. The first kappa shape index (κ1) is 14.9. The maximum atomic E-state index is 13.0. The molecular weight excluding hydrogens is 306 g/mol. The second kappa shape index (κ2) is 5.78. The summed E-state index contributed by atoms with van der Waals surface area (Å²) < 4.78 is 0. The standard InChI is InChI=1S/C18H23N3OS/c1-2-12-7-3-4-9-21(12)18(22)16-15(19)13-10-11-6-5-8-14(11)20-17(13)23-16/h10,12H,2-9,19H2,1H3. The van der Waals surface area contributed by atoms with E-state index < -0.39 is 0 Å². The summed E-state index contributed by atoms with van der Waals surface area (Å²) in [4.78, 5) is 21.5. The molecule has 0 bridgehead atoms. The SMILES string of the molecule is CCC1CCCCN1C(=O)c1sc2nc3c(cc2c1N)CCC3. The number of nitrogens with zero attached hydrogens (tertiary/aromatic N) is 2. The number of thiophene rings is 1. The van der Waals surface area contributed by atoms with Crippen LogP contribution in [0.1, 0.15) is 60.0 Å². The van der Waals surface area contributed by atoms with Gasteiger partial charge in [0.25, 0.3) is 5.91 Å². The Bertz CT molecular complexity index is 767. The van der Waals surface area contributed by atoms with Crippen molar-refractivity contribution in [3.63, 3.8) is 0 Å². The molecular formula is C18H23N3OS. The number of pyridine rings is 1. The molecule has 0 aromatic carbocycles. The van der Waals surface area contributed by atoms with Crippen LogP contribution in [-0.4, -0.2) is 28.4 Å².